The highest BCUT2D eigenvalue weighted by molar-refractivity contribution is 7.88. The van der Waals surface area contributed by atoms with Crippen molar-refractivity contribution in [2.24, 2.45) is 0 Å². The molecule has 0 heterocycles. The molecule has 0 aromatic heterocycles. The van der Waals surface area contributed by atoms with Crippen LogP contribution < -0.4 is 8.92 Å². The van der Waals surface area contributed by atoms with E-state index in [1.54, 1.807) is 13.8 Å². The van der Waals surface area contributed by atoms with Crippen LogP contribution in [0, 0.1) is 0 Å². The van der Waals surface area contributed by atoms with E-state index < -0.39 is 45.4 Å². The summed E-state index contributed by atoms with van der Waals surface area (Å²) in [7, 11) is -6.00. The molecule has 204 valence electrons. The molecule has 0 spiro atoms. The van der Waals surface area contributed by atoms with Crippen molar-refractivity contribution < 1.29 is 53.2 Å². The Labute approximate surface area is 213 Å². The van der Waals surface area contributed by atoms with Crippen LogP contribution in [0.5, 0.6) is 11.5 Å². The lowest BCUT2D eigenvalue weighted by atomic mass is 9.89. The molecule has 0 radical (unpaired) electrons. The number of carbonyl (C=O) groups excluding carboxylic acids is 1. The Morgan fingerprint density at radius 1 is 0.868 bits per heavy atom. The standard InChI is InChI=1S/C25H20F6O6S/c1-3-35-23(32)18-6-4-16(5-7-18)15(2)21-14-19(10-13-22(21)37-38(33,34)25(29,30)31)17-8-11-20(12-9-17)36-24(26,27)28/h4-15H,3H2,1-2H3. The molecule has 38 heavy (non-hydrogen) atoms. The van der Waals surface area contributed by atoms with E-state index in [1.807, 2.05) is 0 Å². The molecular weight excluding hydrogens is 542 g/mol. The number of halogens is 6. The Kier molecular flexibility index (Phi) is 8.30. The number of hydrogen-bond acceptors (Lipinski definition) is 6. The quantitative estimate of drug-likeness (QED) is 0.130. The molecule has 3 rings (SSSR count). The van der Waals surface area contributed by atoms with Crippen LogP contribution in [0.2, 0.25) is 0 Å². The summed E-state index contributed by atoms with van der Waals surface area (Å²) in [5, 5.41) is 0. The van der Waals surface area contributed by atoms with E-state index in [0.717, 1.165) is 18.2 Å². The molecule has 0 fully saturated rings. The van der Waals surface area contributed by atoms with Gasteiger partial charge in [-0.05, 0) is 60.0 Å². The molecule has 3 aromatic rings. The van der Waals surface area contributed by atoms with Crippen LogP contribution in [0.1, 0.15) is 41.3 Å². The van der Waals surface area contributed by atoms with Crippen LogP contribution >= 0.6 is 0 Å². The van der Waals surface area contributed by atoms with Gasteiger partial charge in [0.05, 0.1) is 12.2 Å². The van der Waals surface area contributed by atoms with Crippen molar-refractivity contribution in [3.63, 3.8) is 0 Å². The highest BCUT2D eigenvalue weighted by Crippen LogP contribution is 2.38. The minimum atomic E-state index is -6.00. The molecule has 0 aliphatic rings. The number of carbonyl (C=O) groups is 1. The maximum absolute atomic E-state index is 13.0. The molecule has 0 amide bonds. The average molecular weight is 562 g/mol. The molecule has 0 saturated heterocycles. The molecule has 0 saturated carbocycles. The van der Waals surface area contributed by atoms with E-state index in [9.17, 15) is 39.6 Å². The average Bonchev–Trinajstić information content (AvgIpc) is 2.83. The number of benzene rings is 3. The zero-order chi connectivity index (χ0) is 28.3. The summed E-state index contributed by atoms with van der Waals surface area (Å²) in [4.78, 5) is 11.9. The van der Waals surface area contributed by atoms with E-state index in [2.05, 4.69) is 8.92 Å². The van der Waals surface area contributed by atoms with Gasteiger partial charge in [0.15, 0.2) is 0 Å². The van der Waals surface area contributed by atoms with Crippen LogP contribution in [0.25, 0.3) is 11.1 Å². The molecule has 0 bridgehead atoms. The van der Waals surface area contributed by atoms with E-state index in [0.29, 0.717) is 16.7 Å². The fourth-order valence-electron chi connectivity index (χ4n) is 3.46. The molecular formula is C25H20F6O6S. The zero-order valence-electron chi connectivity index (χ0n) is 19.8. The number of esters is 1. The maximum Gasteiger partial charge on any atom is 0.573 e. The fraction of sp³-hybridized carbons (Fsp3) is 0.240. The van der Waals surface area contributed by atoms with Crippen molar-refractivity contribution in [3.8, 4) is 22.6 Å². The van der Waals surface area contributed by atoms with E-state index in [4.69, 9.17) is 4.74 Å². The van der Waals surface area contributed by atoms with Crippen molar-refractivity contribution in [1.29, 1.82) is 0 Å². The largest absolute Gasteiger partial charge is 0.573 e. The smallest absolute Gasteiger partial charge is 0.462 e. The third kappa shape index (κ3) is 6.97. The van der Waals surface area contributed by atoms with Gasteiger partial charge in [0, 0.05) is 11.5 Å². The molecule has 0 N–H and O–H groups in total. The Morgan fingerprint density at radius 2 is 1.45 bits per heavy atom. The van der Waals surface area contributed by atoms with Crippen LogP contribution in [0.15, 0.2) is 66.7 Å². The molecule has 6 nitrogen and oxygen atoms in total. The Morgan fingerprint density at radius 3 is 1.97 bits per heavy atom. The van der Waals surface area contributed by atoms with E-state index >= 15 is 0 Å². The predicted molar refractivity (Wildman–Crippen MR) is 124 cm³/mol. The molecule has 13 heteroatoms. The zero-order valence-corrected chi connectivity index (χ0v) is 20.6. The normalized spacial score (nSPS) is 13.1. The lowest BCUT2D eigenvalue weighted by Gasteiger charge is -2.19. The van der Waals surface area contributed by atoms with Crippen LogP contribution in [0.3, 0.4) is 0 Å². The van der Waals surface area contributed by atoms with Crippen molar-refractivity contribution in [3.05, 3.63) is 83.4 Å². The van der Waals surface area contributed by atoms with Crippen LogP contribution in [-0.2, 0) is 14.9 Å². The number of hydrogen-bond donors (Lipinski definition) is 0. The lowest BCUT2D eigenvalue weighted by Crippen LogP contribution is -2.28. The summed E-state index contributed by atoms with van der Waals surface area (Å²) in [6.45, 7) is 3.36. The summed E-state index contributed by atoms with van der Waals surface area (Å²) in [6.07, 6.45) is -4.89. The third-order valence-electron chi connectivity index (χ3n) is 5.30. The van der Waals surface area contributed by atoms with Gasteiger partial charge in [0.2, 0.25) is 0 Å². The van der Waals surface area contributed by atoms with Gasteiger partial charge in [-0.25, -0.2) is 4.79 Å². The maximum atomic E-state index is 13.0. The van der Waals surface area contributed by atoms with Gasteiger partial charge in [0.25, 0.3) is 0 Å². The second kappa shape index (κ2) is 10.9. The molecule has 1 atom stereocenters. The molecule has 0 aliphatic heterocycles. The Balaban J connectivity index is 2.04. The number of alkyl halides is 6. The number of rotatable bonds is 8. The van der Waals surface area contributed by atoms with Crippen LogP contribution in [0.4, 0.5) is 26.3 Å². The van der Waals surface area contributed by atoms with Gasteiger partial charge >= 0.3 is 28.0 Å². The summed E-state index contributed by atoms with van der Waals surface area (Å²) in [5.41, 5.74) is -4.19. The molecule has 3 aromatic carbocycles. The van der Waals surface area contributed by atoms with Crippen LogP contribution in [-0.4, -0.2) is 32.9 Å². The van der Waals surface area contributed by atoms with Crippen molar-refractivity contribution in [2.45, 2.75) is 31.6 Å². The monoisotopic (exact) mass is 562 g/mol. The summed E-state index contributed by atoms with van der Waals surface area (Å²) >= 11 is 0. The first-order chi connectivity index (χ1) is 17.6. The summed E-state index contributed by atoms with van der Waals surface area (Å²) < 4.78 is 113. The molecule has 0 aliphatic carbocycles. The SMILES string of the molecule is CCOC(=O)c1ccc(C(C)c2cc(-c3ccc(OC(F)(F)F)cc3)ccc2OS(=O)(=O)C(F)(F)F)cc1. The fourth-order valence-corrected chi connectivity index (χ4v) is 3.94. The first-order valence-electron chi connectivity index (χ1n) is 10.9. The Bertz CT molecular complexity index is 1380. The van der Waals surface area contributed by atoms with Gasteiger partial charge in [-0.3, -0.25) is 0 Å². The van der Waals surface area contributed by atoms with Gasteiger partial charge in [-0.15, -0.1) is 13.2 Å². The highest BCUT2D eigenvalue weighted by Gasteiger charge is 2.49. The summed E-state index contributed by atoms with van der Waals surface area (Å²) in [6, 6.07) is 14.3. The van der Waals surface area contributed by atoms with Gasteiger partial charge < -0.3 is 13.7 Å². The van der Waals surface area contributed by atoms with Crippen molar-refractivity contribution >= 4 is 16.1 Å². The topological polar surface area (TPSA) is 78.9 Å². The summed E-state index contributed by atoms with van der Waals surface area (Å²) in [5.74, 6) is -2.39. The third-order valence-corrected chi connectivity index (χ3v) is 6.27. The van der Waals surface area contributed by atoms with Crippen molar-refractivity contribution in [2.75, 3.05) is 6.61 Å². The second-order valence-corrected chi connectivity index (χ2v) is 9.41. The minimum Gasteiger partial charge on any atom is -0.462 e. The van der Waals surface area contributed by atoms with Crippen molar-refractivity contribution in [1.82, 2.24) is 0 Å². The lowest BCUT2D eigenvalue weighted by molar-refractivity contribution is -0.274. The first kappa shape index (κ1) is 28.8. The second-order valence-electron chi connectivity index (χ2n) is 7.87. The van der Waals surface area contributed by atoms with E-state index in [-0.39, 0.29) is 17.7 Å². The Hall–Kier alpha value is -3.74. The highest BCUT2D eigenvalue weighted by atomic mass is 32.2. The predicted octanol–water partition coefficient (Wildman–Crippen LogP) is 6.81. The van der Waals surface area contributed by atoms with E-state index in [1.165, 1.54) is 48.5 Å². The number of ether oxygens (including phenoxy) is 2. The first-order valence-corrected chi connectivity index (χ1v) is 12.3. The van der Waals surface area contributed by atoms with Gasteiger partial charge in [-0.1, -0.05) is 37.3 Å². The van der Waals surface area contributed by atoms with Gasteiger partial charge in [0.1, 0.15) is 11.5 Å². The minimum absolute atomic E-state index is 0.0369. The molecule has 1 unspecified atom stereocenters. The van der Waals surface area contributed by atoms with Gasteiger partial charge in [-0.2, -0.15) is 21.6 Å².